The molecule has 0 spiro atoms. The first kappa shape index (κ1) is 25.5. The van der Waals surface area contributed by atoms with Crippen LogP contribution in [0.4, 0.5) is 42.5 Å². The van der Waals surface area contributed by atoms with E-state index < -0.39 is 41.6 Å². The molecule has 2 saturated heterocycles. The van der Waals surface area contributed by atoms with E-state index in [9.17, 15) is 35.9 Å². The molecular formula is C23H21F6N3O4. The fourth-order valence-corrected chi connectivity index (χ4v) is 4.53. The summed E-state index contributed by atoms with van der Waals surface area (Å²) in [6.45, 7) is 2.62. The zero-order valence-electron chi connectivity index (χ0n) is 18.8. The van der Waals surface area contributed by atoms with Crippen LogP contribution in [0.25, 0.3) is 0 Å². The normalized spacial score (nSPS) is 22.3. The first-order chi connectivity index (χ1) is 16.7. The number of fused-ring (bicyclic) bond motifs is 1. The maximum Gasteiger partial charge on any atom is 0.573 e. The zero-order chi connectivity index (χ0) is 26.3. The van der Waals surface area contributed by atoms with Gasteiger partial charge in [0, 0.05) is 36.4 Å². The molecule has 2 aliphatic heterocycles. The molecule has 0 aliphatic carbocycles. The third kappa shape index (κ3) is 5.77. The fourth-order valence-electron chi connectivity index (χ4n) is 4.53. The van der Waals surface area contributed by atoms with Gasteiger partial charge < -0.3 is 24.6 Å². The van der Waals surface area contributed by atoms with Crippen molar-refractivity contribution in [1.82, 2.24) is 4.90 Å². The van der Waals surface area contributed by atoms with Crippen LogP contribution in [0.2, 0.25) is 0 Å². The van der Waals surface area contributed by atoms with E-state index in [2.05, 4.69) is 14.8 Å². The van der Waals surface area contributed by atoms with Gasteiger partial charge in [0.15, 0.2) is 0 Å². The number of nitrogens with zero attached hydrogens (tertiary/aromatic N) is 2. The molecule has 2 fully saturated rings. The van der Waals surface area contributed by atoms with Crippen molar-refractivity contribution >= 4 is 23.3 Å². The maximum atomic E-state index is 13.3. The van der Waals surface area contributed by atoms with Gasteiger partial charge in [0.25, 0.3) is 0 Å². The SMILES string of the molecule is CC12CCN(c3ccc(OC(F)(F)F)cc3)C(=O)C1CN(C(=O)Nc1ccc(OC(F)(F)F)cc1)C2. The maximum absolute atomic E-state index is 13.3. The van der Waals surface area contributed by atoms with E-state index in [-0.39, 0.29) is 24.7 Å². The predicted molar refractivity (Wildman–Crippen MR) is 115 cm³/mol. The molecule has 2 aromatic rings. The van der Waals surface area contributed by atoms with Crippen molar-refractivity contribution < 1.29 is 45.4 Å². The number of ether oxygens (including phenoxy) is 2. The van der Waals surface area contributed by atoms with Gasteiger partial charge in [-0.3, -0.25) is 4.79 Å². The number of halogens is 6. The Morgan fingerprint density at radius 2 is 1.47 bits per heavy atom. The molecule has 2 aromatic carbocycles. The lowest BCUT2D eigenvalue weighted by molar-refractivity contribution is -0.275. The summed E-state index contributed by atoms with van der Waals surface area (Å²) >= 11 is 0. The summed E-state index contributed by atoms with van der Waals surface area (Å²) in [5.41, 5.74) is 0.165. The topological polar surface area (TPSA) is 71.1 Å². The molecule has 0 aromatic heterocycles. The number of hydrogen-bond donors (Lipinski definition) is 1. The molecule has 4 rings (SSSR count). The van der Waals surface area contributed by atoms with E-state index in [0.29, 0.717) is 18.7 Å². The lowest BCUT2D eigenvalue weighted by Gasteiger charge is -2.40. The molecule has 2 heterocycles. The molecule has 0 saturated carbocycles. The van der Waals surface area contributed by atoms with Gasteiger partial charge in [-0.1, -0.05) is 6.92 Å². The van der Waals surface area contributed by atoms with Crippen molar-refractivity contribution in [2.75, 3.05) is 29.9 Å². The van der Waals surface area contributed by atoms with E-state index >= 15 is 0 Å². The van der Waals surface area contributed by atoms with E-state index in [1.165, 1.54) is 34.1 Å². The highest BCUT2D eigenvalue weighted by atomic mass is 19.4. The number of benzene rings is 2. The fraction of sp³-hybridized carbons (Fsp3) is 0.391. The number of carbonyl (C=O) groups is 2. The highest BCUT2D eigenvalue weighted by Gasteiger charge is 2.52. The quantitative estimate of drug-likeness (QED) is 0.553. The average Bonchev–Trinajstić information content (AvgIpc) is 3.13. The monoisotopic (exact) mass is 517 g/mol. The van der Waals surface area contributed by atoms with E-state index in [1.807, 2.05) is 6.92 Å². The Hall–Kier alpha value is -3.64. The molecule has 13 heteroatoms. The van der Waals surface area contributed by atoms with Gasteiger partial charge in [-0.2, -0.15) is 0 Å². The number of hydrogen-bond acceptors (Lipinski definition) is 4. The van der Waals surface area contributed by atoms with Gasteiger partial charge in [0.05, 0.1) is 5.92 Å². The van der Waals surface area contributed by atoms with Gasteiger partial charge in [0.1, 0.15) is 11.5 Å². The molecule has 0 bridgehead atoms. The number of alkyl halides is 6. The summed E-state index contributed by atoms with van der Waals surface area (Å²) < 4.78 is 81.8. The smallest absolute Gasteiger partial charge is 0.406 e. The Morgan fingerprint density at radius 1 is 0.944 bits per heavy atom. The van der Waals surface area contributed by atoms with Crippen molar-refractivity contribution in [3.05, 3.63) is 48.5 Å². The summed E-state index contributed by atoms with van der Waals surface area (Å²) in [5.74, 6) is -1.62. The predicted octanol–water partition coefficient (Wildman–Crippen LogP) is 5.39. The number of carbonyl (C=O) groups excluding carboxylic acids is 2. The van der Waals surface area contributed by atoms with Crippen LogP contribution < -0.4 is 19.7 Å². The van der Waals surface area contributed by atoms with Gasteiger partial charge >= 0.3 is 18.8 Å². The number of nitrogens with one attached hydrogen (secondary N) is 1. The van der Waals surface area contributed by atoms with E-state index in [4.69, 9.17) is 0 Å². The van der Waals surface area contributed by atoms with Crippen molar-refractivity contribution in [3.8, 4) is 11.5 Å². The van der Waals surface area contributed by atoms with Crippen LogP contribution in [0.3, 0.4) is 0 Å². The minimum absolute atomic E-state index is 0.113. The second-order valence-corrected chi connectivity index (χ2v) is 8.87. The first-order valence-electron chi connectivity index (χ1n) is 10.8. The van der Waals surface area contributed by atoms with Crippen LogP contribution in [-0.4, -0.2) is 49.2 Å². The molecule has 194 valence electrons. The zero-order valence-corrected chi connectivity index (χ0v) is 18.8. The second-order valence-electron chi connectivity index (χ2n) is 8.87. The second kappa shape index (κ2) is 9.10. The Morgan fingerprint density at radius 3 is 2.00 bits per heavy atom. The summed E-state index contributed by atoms with van der Waals surface area (Å²) in [5, 5.41) is 2.60. The van der Waals surface area contributed by atoms with E-state index in [1.54, 1.807) is 0 Å². The lowest BCUT2D eigenvalue weighted by Crippen LogP contribution is -2.50. The third-order valence-electron chi connectivity index (χ3n) is 6.28. The molecule has 2 atom stereocenters. The number of amides is 3. The van der Waals surface area contributed by atoms with Gasteiger partial charge in [-0.05, 0) is 55.0 Å². The van der Waals surface area contributed by atoms with Crippen molar-refractivity contribution in [2.45, 2.75) is 26.1 Å². The van der Waals surface area contributed by atoms with Gasteiger partial charge in [0.2, 0.25) is 5.91 Å². The van der Waals surface area contributed by atoms with Gasteiger partial charge in [-0.15, -0.1) is 26.3 Å². The summed E-state index contributed by atoms with van der Waals surface area (Å²) in [4.78, 5) is 29.0. The molecule has 2 unspecified atom stereocenters. The minimum Gasteiger partial charge on any atom is -0.406 e. The van der Waals surface area contributed by atoms with Crippen molar-refractivity contribution in [1.29, 1.82) is 0 Å². The number of anilines is 2. The summed E-state index contributed by atoms with van der Waals surface area (Å²) in [6.07, 6.45) is -9.10. The van der Waals surface area contributed by atoms with Crippen molar-refractivity contribution in [2.24, 2.45) is 11.3 Å². The molecule has 0 radical (unpaired) electrons. The average molecular weight is 517 g/mol. The van der Waals surface area contributed by atoms with E-state index in [0.717, 1.165) is 24.3 Å². The molecular weight excluding hydrogens is 496 g/mol. The Kier molecular flexibility index (Phi) is 6.43. The Bertz CT molecular complexity index is 1120. The van der Waals surface area contributed by atoms with Crippen molar-refractivity contribution in [3.63, 3.8) is 0 Å². The van der Waals surface area contributed by atoms with Crippen LogP contribution >= 0.6 is 0 Å². The lowest BCUT2D eigenvalue weighted by atomic mass is 9.73. The Labute approximate surface area is 201 Å². The highest BCUT2D eigenvalue weighted by Crippen LogP contribution is 2.44. The van der Waals surface area contributed by atoms with Crippen LogP contribution in [0.5, 0.6) is 11.5 Å². The van der Waals surface area contributed by atoms with Gasteiger partial charge in [-0.25, -0.2) is 4.79 Å². The first-order valence-corrected chi connectivity index (χ1v) is 10.8. The summed E-state index contributed by atoms with van der Waals surface area (Å²) in [7, 11) is 0. The minimum atomic E-state index is -4.83. The molecule has 3 amide bonds. The van der Waals surface area contributed by atoms with Crippen LogP contribution in [-0.2, 0) is 4.79 Å². The molecule has 36 heavy (non-hydrogen) atoms. The standard InChI is InChI=1S/C23H21F6N3O4/c1-21-10-11-32(15-4-8-17(9-5-15)36-23(27,28)29)19(33)18(21)12-31(13-21)20(34)30-14-2-6-16(7-3-14)35-22(24,25)26/h2-9,18H,10-13H2,1H3,(H,30,34). The van der Waals surface area contributed by atoms with Crippen LogP contribution in [0, 0.1) is 11.3 Å². The van der Waals surface area contributed by atoms with Crippen LogP contribution in [0.15, 0.2) is 48.5 Å². The number of urea groups is 1. The van der Waals surface area contributed by atoms with Crippen LogP contribution in [0.1, 0.15) is 13.3 Å². The largest absolute Gasteiger partial charge is 0.573 e. The third-order valence-corrected chi connectivity index (χ3v) is 6.28. The number of rotatable bonds is 4. The molecule has 1 N–H and O–H groups in total. The highest BCUT2D eigenvalue weighted by molar-refractivity contribution is 5.98. The number of piperidine rings is 1. The number of likely N-dealkylation sites (tertiary alicyclic amines) is 1. The molecule has 7 nitrogen and oxygen atoms in total. The molecule has 2 aliphatic rings. The summed E-state index contributed by atoms with van der Waals surface area (Å²) in [6, 6.07) is 9.16. The Balaban J connectivity index is 1.40.